The summed E-state index contributed by atoms with van der Waals surface area (Å²) in [5.41, 5.74) is 1.49. The van der Waals surface area contributed by atoms with E-state index in [1.165, 1.54) is 4.90 Å². The van der Waals surface area contributed by atoms with Gasteiger partial charge in [-0.3, -0.25) is 4.79 Å². The maximum atomic E-state index is 12.3. The van der Waals surface area contributed by atoms with Crippen molar-refractivity contribution in [3.05, 3.63) is 35.4 Å². The molecule has 5 heteroatoms. The normalized spacial score (nSPS) is 19.6. The van der Waals surface area contributed by atoms with Crippen molar-refractivity contribution in [3.8, 4) is 0 Å². The van der Waals surface area contributed by atoms with Gasteiger partial charge in [-0.15, -0.1) is 0 Å². The molecule has 1 fully saturated rings. The van der Waals surface area contributed by atoms with Crippen molar-refractivity contribution in [2.75, 3.05) is 19.8 Å². The zero-order chi connectivity index (χ0) is 13.1. The predicted molar refractivity (Wildman–Crippen MR) is 64.5 cm³/mol. The fourth-order valence-electron chi connectivity index (χ4n) is 2.00. The van der Waals surface area contributed by atoms with Crippen LogP contribution >= 0.6 is 0 Å². The van der Waals surface area contributed by atoms with Crippen LogP contribution in [0, 0.1) is 6.92 Å². The van der Waals surface area contributed by atoms with Crippen LogP contribution in [-0.2, 0) is 9.53 Å². The number of rotatable bonds is 2. The molecule has 1 heterocycles. The number of morpholine rings is 1. The van der Waals surface area contributed by atoms with Gasteiger partial charge in [0.1, 0.15) is 0 Å². The molecule has 1 saturated heterocycles. The Morgan fingerprint density at radius 1 is 1.44 bits per heavy atom. The van der Waals surface area contributed by atoms with Gasteiger partial charge in [0.2, 0.25) is 0 Å². The first-order chi connectivity index (χ1) is 8.59. The SMILES string of the molecule is Cc1cccc(C(=O)N2CCOCC2C(=O)O)c1. The first-order valence-corrected chi connectivity index (χ1v) is 5.78. The molecule has 5 nitrogen and oxygen atoms in total. The zero-order valence-corrected chi connectivity index (χ0v) is 10.1. The highest BCUT2D eigenvalue weighted by molar-refractivity contribution is 5.96. The minimum absolute atomic E-state index is 0.0485. The van der Waals surface area contributed by atoms with Gasteiger partial charge >= 0.3 is 5.97 Å². The van der Waals surface area contributed by atoms with Crippen LogP contribution < -0.4 is 0 Å². The van der Waals surface area contributed by atoms with E-state index in [2.05, 4.69) is 0 Å². The van der Waals surface area contributed by atoms with Crippen molar-refractivity contribution in [1.29, 1.82) is 0 Å². The van der Waals surface area contributed by atoms with Crippen molar-refractivity contribution < 1.29 is 19.4 Å². The van der Waals surface area contributed by atoms with Crippen molar-refractivity contribution in [2.24, 2.45) is 0 Å². The second kappa shape index (κ2) is 5.18. The largest absolute Gasteiger partial charge is 0.480 e. The molecule has 0 radical (unpaired) electrons. The number of ether oxygens (including phenoxy) is 1. The van der Waals surface area contributed by atoms with Gasteiger partial charge in [-0.1, -0.05) is 17.7 Å². The molecular weight excluding hydrogens is 234 g/mol. The van der Waals surface area contributed by atoms with Gasteiger partial charge in [0, 0.05) is 12.1 Å². The lowest BCUT2D eigenvalue weighted by molar-refractivity contribution is -0.147. The number of carboxylic acid groups (broad SMARTS) is 1. The number of nitrogens with zero attached hydrogens (tertiary/aromatic N) is 1. The van der Waals surface area contributed by atoms with Gasteiger partial charge in [0.15, 0.2) is 6.04 Å². The number of hydrogen-bond donors (Lipinski definition) is 1. The first kappa shape index (κ1) is 12.6. The Morgan fingerprint density at radius 3 is 2.89 bits per heavy atom. The summed E-state index contributed by atoms with van der Waals surface area (Å²) in [6.45, 7) is 2.63. The van der Waals surface area contributed by atoms with Crippen LogP contribution in [0.15, 0.2) is 24.3 Å². The molecule has 0 aliphatic carbocycles. The van der Waals surface area contributed by atoms with Gasteiger partial charge in [-0.25, -0.2) is 4.79 Å². The first-order valence-electron chi connectivity index (χ1n) is 5.78. The number of aryl methyl sites for hydroxylation is 1. The molecule has 2 rings (SSSR count). The Balaban J connectivity index is 2.23. The van der Waals surface area contributed by atoms with Crippen LogP contribution in [0.5, 0.6) is 0 Å². The van der Waals surface area contributed by atoms with Gasteiger partial charge in [0.05, 0.1) is 13.2 Å². The van der Waals surface area contributed by atoms with Gasteiger partial charge in [-0.05, 0) is 19.1 Å². The van der Waals surface area contributed by atoms with Crippen LogP contribution in [-0.4, -0.2) is 47.7 Å². The molecular formula is C13H15NO4. The van der Waals surface area contributed by atoms with Crippen molar-refractivity contribution in [3.63, 3.8) is 0 Å². The lowest BCUT2D eigenvalue weighted by Gasteiger charge is -2.32. The summed E-state index contributed by atoms with van der Waals surface area (Å²) in [6, 6.07) is 6.25. The summed E-state index contributed by atoms with van der Waals surface area (Å²) in [6.07, 6.45) is 0. The smallest absolute Gasteiger partial charge is 0.328 e. The maximum Gasteiger partial charge on any atom is 0.328 e. The Bertz CT molecular complexity index is 472. The number of carboxylic acids is 1. The molecule has 1 N–H and O–H groups in total. The third-order valence-electron chi connectivity index (χ3n) is 2.94. The molecule has 1 atom stereocenters. The van der Waals surface area contributed by atoms with E-state index in [-0.39, 0.29) is 12.5 Å². The van der Waals surface area contributed by atoms with Gasteiger partial charge < -0.3 is 14.7 Å². The van der Waals surface area contributed by atoms with E-state index in [1.807, 2.05) is 13.0 Å². The monoisotopic (exact) mass is 249 g/mol. The average molecular weight is 249 g/mol. The summed E-state index contributed by atoms with van der Waals surface area (Å²) in [7, 11) is 0. The lowest BCUT2D eigenvalue weighted by atomic mass is 10.1. The van der Waals surface area contributed by atoms with Crippen LogP contribution in [0.2, 0.25) is 0 Å². The summed E-state index contributed by atoms with van der Waals surface area (Å²) < 4.78 is 5.11. The number of hydrogen-bond acceptors (Lipinski definition) is 3. The minimum Gasteiger partial charge on any atom is -0.480 e. The predicted octanol–water partition coefficient (Wildman–Crippen LogP) is 0.921. The minimum atomic E-state index is -1.03. The summed E-state index contributed by atoms with van der Waals surface area (Å²) in [4.78, 5) is 24.7. The van der Waals surface area contributed by atoms with Crippen molar-refractivity contribution >= 4 is 11.9 Å². The van der Waals surface area contributed by atoms with E-state index in [0.29, 0.717) is 18.7 Å². The fraction of sp³-hybridized carbons (Fsp3) is 0.385. The van der Waals surface area contributed by atoms with Crippen LogP contribution in [0.3, 0.4) is 0 Å². The molecule has 0 aromatic heterocycles. The molecule has 1 aliphatic rings. The Kier molecular flexibility index (Phi) is 3.62. The van der Waals surface area contributed by atoms with Gasteiger partial charge in [0.25, 0.3) is 5.91 Å². The van der Waals surface area contributed by atoms with Crippen molar-refractivity contribution in [1.82, 2.24) is 4.90 Å². The van der Waals surface area contributed by atoms with Crippen LogP contribution in [0.1, 0.15) is 15.9 Å². The van der Waals surface area contributed by atoms with E-state index < -0.39 is 12.0 Å². The molecule has 1 aromatic carbocycles. The van der Waals surface area contributed by atoms with E-state index in [9.17, 15) is 9.59 Å². The molecule has 0 saturated carbocycles. The second-order valence-corrected chi connectivity index (χ2v) is 4.30. The molecule has 0 spiro atoms. The Morgan fingerprint density at radius 2 is 2.22 bits per heavy atom. The van der Waals surface area contributed by atoms with Crippen LogP contribution in [0.25, 0.3) is 0 Å². The highest BCUT2D eigenvalue weighted by Gasteiger charge is 2.33. The highest BCUT2D eigenvalue weighted by Crippen LogP contribution is 2.14. The number of carbonyl (C=O) groups is 2. The lowest BCUT2D eigenvalue weighted by Crippen LogP contribution is -2.52. The van der Waals surface area contributed by atoms with Crippen molar-refractivity contribution in [2.45, 2.75) is 13.0 Å². The summed E-state index contributed by atoms with van der Waals surface area (Å²) in [5.74, 6) is -1.29. The molecule has 96 valence electrons. The van der Waals surface area contributed by atoms with Gasteiger partial charge in [-0.2, -0.15) is 0 Å². The third kappa shape index (κ3) is 2.51. The fourth-order valence-corrected chi connectivity index (χ4v) is 2.00. The standard InChI is InChI=1S/C13H15NO4/c1-9-3-2-4-10(7-9)12(15)14-5-6-18-8-11(14)13(16)17/h2-4,7,11H,5-6,8H2,1H3,(H,16,17). The van der Waals surface area contributed by atoms with Crippen LogP contribution in [0.4, 0.5) is 0 Å². The Labute approximate surface area is 105 Å². The zero-order valence-electron chi connectivity index (χ0n) is 10.1. The van der Waals surface area contributed by atoms with E-state index in [4.69, 9.17) is 9.84 Å². The molecule has 1 aliphatic heterocycles. The molecule has 1 amide bonds. The number of amides is 1. The highest BCUT2D eigenvalue weighted by atomic mass is 16.5. The third-order valence-corrected chi connectivity index (χ3v) is 2.94. The van der Waals surface area contributed by atoms with E-state index in [0.717, 1.165) is 5.56 Å². The number of carbonyl (C=O) groups excluding carboxylic acids is 1. The molecule has 1 aromatic rings. The summed E-state index contributed by atoms with van der Waals surface area (Å²) >= 11 is 0. The second-order valence-electron chi connectivity index (χ2n) is 4.30. The van der Waals surface area contributed by atoms with E-state index in [1.54, 1.807) is 18.2 Å². The Hall–Kier alpha value is -1.88. The van der Waals surface area contributed by atoms with E-state index >= 15 is 0 Å². The number of benzene rings is 1. The number of aliphatic carboxylic acids is 1. The topological polar surface area (TPSA) is 66.8 Å². The molecule has 0 bridgehead atoms. The molecule has 18 heavy (non-hydrogen) atoms. The molecule has 1 unspecified atom stereocenters. The average Bonchev–Trinajstić information content (AvgIpc) is 2.38. The quantitative estimate of drug-likeness (QED) is 0.846. The summed E-state index contributed by atoms with van der Waals surface area (Å²) in [5, 5.41) is 9.09. The maximum absolute atomic E-state index is 12.3.